The molecule has 0 bridgehead atoms. The van der Waals surface area contributed by atoms with Crippen LogP contribution in [0.15, 0.2) is 41.6 Å². The number of benzene rings is 1. The number of sulfonamides is 1. The normalized spacial score (nSPS) is 22.5. The van der Waals surface area contributed by atoms with E-state index in [1.165, 1.54) is 13.5 Å². The summed E-state index contributed by atoms with van der Waals surface area (Å²) in [4.78, 5) is 22.7. The van der Waals surface area contributed by atoms with Crippen LogP contribution < -0.4 is 4.74 Å². The molecule has 2 atom stereocenters. The van der Waals surface area contributed by atoms with E-state index in [1.54, 1.807) is 43.6 Å². The number of aryl methyl sites for hydroxylation is 2. The molecule has 5 rings (SSSR count). The molecule has 0 aliphatic carbocycles. The Morgan fingerprint density at radius 2 is 1.77 bits per heavy atom. The maximum Gasteiger partial charge on any atom is 0.324 e. The van der Waals surface area contributed by atoms with Crippen molar-refractivity contribution in [2.45, 2.75) is 75.0 Å². The Balaban J connectivity index is 1.40. The third-order valence-corrected chi connectivity index (χ3v) is 11.7. The van der Waals surface area contributed by atoms with Crippen LogP contribution in [0, 0.1) is 13.8 Å². The fourth-order valence-electron chi connectivity index (χ4n) is 7.05. The molecule has 0 amide bonds. The number of likely N-dealkylation sites (tertiary alicyclic amines) is 2. The minimum atomic E-state index is -3.90. The molecule has 3 aliphatic heterocycles. The number of carbonyl (C=O) groups is 1. The first-order valence-corrected chi connectivity index (χ1v) is 16.9. The first-order chi connectivity index (χ1) is 20.7. The van der Waals surface area contributed by atoms with Gasteiger partial charge in [-0.3, -0.25) is 14.7 Å². The molecule has 4 heterocycles. The van der Waals surface area contributed by atoms with Gasteiger partial charge in [-0.1, -0.05) is 12.5 Å². The van der Waals surface area contributed by atoms with Gasteiger partial charge in [-0.15, -0.1) is 0 Å². The summed E-state index contributed by atoms with van der Waals surface area (Å²) in [6, 6.07) is 6.26. The van der Waals surface area contributed by atoms with Gasteiger partial charge in [0, 0.05) is 44.1 Å². The van der Waals surface area contributed by atoms with Crippen molar-refractivity contribution >= 4 is 16.0 Å². The van der Waals surface area contributed by atoms with Gasteiger partial charge in [-0.05, 0) is 88.4 Å². The fraction of sp³-hybridized carbons (Fsp3) is 0.625. The van der Waals surface area contributed by atoms with E-state index in [0.29, 0.717) is 62.4 Å². The van der Waals surface area contributed by atoms with Gasteiger partial charge >= 0.3 is 5.97 Å². The predicted octanol–water partition coefficient (Wildman–Crippen LogP) is 3.51. The standard InChI is InChI=1S/C32H46N4O6S/c1-24-21-27(40-3)22-25(2)30(24)43(38,39)36-16-6-5-10-28(36)29(31(37)41-4)35-17-11-32(12-18-35,26-9-7-13-33-23-26)42-20-19-34-14-8-15-34/h7,9,13,21-23,28-29H,5-6,8,10-12,14-20H2,1-4H3/t28-,29?/m0/s1. The Kier molecular flexibility index (Phi) is 10.1. The van der Waals surface area contributed by atoms with Crippen LogP contribution in [0.5, 0.6) is 5.75 Å². The fourth-order valence-corrected chi connectivity index (χ4v) is 9.17. The summed E-state index contributed by atoms with van der Waals surface area (Å²) in [6.07, 6.45) is 8.40. The second-order valence-corrected chi connectivity index (χ2v) is 13.9. The van der Waals surface area contributed by atoms with E-state index in [2.05, 4.69) is 20.9 Å². The van der Waals surface area contributed by atoms with Crippen molar-refractivity contribution < 1.29 is 27.4 Å². The summed E-state index contributed by atoms with van der Waals surface area (Å²) >= 11 is 0. The summed E-state index contributed by atoms with van der Waals surface area (Å²) in [6.45, 7) is 8.86. The molecule has 11 heteroatoms. The van der Waals surface area contributed by atoms with Crippen molar-refractivity contribution in [1.82, 2.24) is 19.1 Å². The number of methoxy groups -OCH3 is 2. The number of hydrogen-bond acceptors (Lipinski definition) is 9. The molecule has 0 saturated carbocycles. The van der Waals surface area contributed by atoms with Gasteiger partial charge in [0.1, 0.15) is 11.8 Å². The molecule has 43 heavy (non-hydrogen) atoms. The van der Waals surface area contributed by atoms with Gasteiger partial charge in [0.2, 0.25) is 10.0 Å². The van der Waals surface area contributed by atoms with E-state index in [-0.39, 0.29) is 4.90 Å². The monoisotopic (exact) mass is 614 g/mol. The Morgan fingerprint density at radius 3 is 2.35 bits per heavy atom. The van der Waals surface area contributed by atoms with Crippen LogP contribution >= 0.6 is 0 Å². The number of aromatic nitrogens is 1. The number of piperidine rings is 2. The lowest BCUT2D eigenvalue weighted by Gasteiger charge is -2.47. The van der Waals surface area contributed by atoms with Gasteiger partial charge in [-0.2, -0.15) is 4.31 Å². The van der Waals surface area contributed by atoms with E-state index in [4.69, 9.17) is 14.2 Å². The van der Waals surface area contributed by atoms with E-state index >= 15 is 0 Å². The highest BCUT2D eigenvalue weighted by molar-refractivity contribution is 7.89. The van der Waals surface area contributed by atoms with Gasteiger partial charge < -0.3 is 19.1 Å². The third kappa shape index (κ3) is 6.61. The number of rotatable bonds is 11. The second kappa shape index (κ2) is 13.6. The van der Waals surface area contributed by atoms with Crippen molar-refractivity contribution in [2.75, 3.05) is 60.1 Å². The first-order valence-electron chi connectivity index (χ1n) is 15.5. The van der Waals surface area contributed by atoms with Crippen molar-refractivity contribution in [3.63, 3.8) is 0 Å². The minimum Gasteiger partial charge on any atom is -0.497 e. The largest absolute Gasteiger partial charge is 0.497 e. The maximum absolute atomic E-state index is 14.3. The van der Waals surface area contributed by atoms with Crippen molar-refractivity contribution in [3.8, 4) is 5.75 Å². The average molecular weight is 615 g/mol. The third-order valence-electron chi connectivity index (χ3n) is 9.46. The minimum absolute atomic E-state index is 0.286. The van der Waals surface area contributed by atoms with Crippen LogP contribution in [0.2, 0.25) is 0 Å². The second-order valence-electron chi connectivity index (χ2n) is 12.1. The number of hydrogen-bond donors (Lipinski definition) is 0. The summed E-state index contributed by atoms with van der Waals surface area (Å²) in [5.74, 6) is 0.219. The Bertz CT molecular complexity index is 1340. The number of carbonyl (C=O) groups excluding carboxylic acids is 1. The molecule has 1 unspecified atom stereocenters. The summed E-state index contributed by atoms with van der Waals surface area (Å²) in [5.41, 5.74) is 1.79. The van der Waals surface area contributed by atoms with Gasteiger partial charge in [0.05, 0.1) is 37.4 Å². The average Bonchev–Trinajstić information content (AvgIpc) is 2.99. The van der Waals surface area contributed by atoms with Gasteiger partial charge in [0.15, 0.2) is 0 Å². The molecule has 1 aromatic heterocycles. The highest BCUT2D eigenvalue weighted by Gasteiger charge is 2.47. The molecule has 236 valence electrons. The van der Waals surface area contributed by atoms with E-state index in [1.807, 2.05) is 12.3 Å². The van der Waals surface area contributed by atoms with Gasteiger partial charge in [-0.25, -0.2) is 8.42 Å². The van der Waals surface area contributed by atoms with E-state index < -0.39 is 33.7 Å². The maximum atomic E-state index is 14.3. The predicted molar refractivity (Wildman–Crippen MR) is 164 cm³/mol. The van der Waals surface area contributed by atoms with E-state index in [0.717, 1.165) is 38.0 Å². The zero-order chi connectivity index (χ0) is 30.6. The van der Waals surface area contributed by atoms with Crippen LogP contribution in [0.25, 0.3) is 0 Å². The molecule has 0 N–H and O–H groups in total. The summed E-state index contributed by atoms with van der Waals surface area (Å²) in [7, 11) is -0.941. The molecule has 3 fully saturated rings. The Hall–Kier alpha value is -2.57. The SMILES string of the molecule is COC(=O)C([C@@H]1CCCCN1S(=O)(=O)c1c(C)cc(OC)cc1C)N1CCC(OCCN2CCC2)(c2cccnc2)CC1. The molecular formula is C32H46N4O6S. The molecule has 3 saturated heterocycles. The van der Waals surface area contributed by atoms with Crippen LogP contribution in [0.1, 0.15) is 55.2 Å². The highest BCUT2D eigenvalue weighted by Crippen LogP contribution is 2.39. The Labute approximate surface area is 256 Å². The smallest absolute Gasteiger partial charge is 0.324 e. The lowest BCUT2D eigenvalue weighted by atomic mass is 9.83. The quantitative estimate of drug-likeness (QED) is 0.352. The van der Waals surface area contributed by atoms with Crippen LogP contribution in [-0.2, 0) is 29.9 Å². The molecule has 1 aromatic carbocycles. The molecule has 3 aliphatic rings. The van der Waals surface area contributed by atoms with Crippen LogP contribution in [0.4, 0.5) is 0 Å². The van der Waals surface area contributed by atoms with Crippen molar-refractivity contribution in [2.24, 2.45) is 0 Å². The topological polar surface area (TPSA) is 102 Å². The number of esters is 1. The number of nitrogens with zero attached hydrogens (tertiary/aromatic N) is 4. The van der Waals surface area contributed by atoms with E-state index in [9.17, 15) is 13.2 Å². The molecular weight excluding hydrogens is 568 g/mol. The van der Waals surface area contributed by atoms with Crippen LogP contribution in [-0.4, -0.2) is 106 Å². The van der Waals surface area contributed by atoms with Crippen molar-refractivity contribution in [3.05, 3.63) is 53.3 Å². The lowest BCUT2D eigenvalue weighted by molar-refractivity contribution is -0.154. The summed E-state index contributed by atoms with van der Waals surface area (Å²) in [5, 5.41) is 0. The molecule has 0 radical (unpaired) electrons. The lowest BCUT2D eigenvalue weighted by Crippen LogP contribution is -2.61. The van der Waals surface area contributed by atoms with Crippen molar-refractivity contribution in [1.29, 1.82) is 0 Å². The molecule has 0 spiro atoms. The molecule has 10 nitrogen and oxygen atoms in total. The Morgan fingerprint density at radius 1 is 1.05 bits per heavy atom. The zero-order valence-corrected chi connectivity index (χ0v) is 26.8. The first kappa shape index (κ1) is 31.8. The van der Waals surface area contributed by atoms with Crippen LogP contribution in [0.3, 0.4) is 0 Å². The highest BCUT2D eigenvalue weighted by atomic mass is 32.2. The number of ether oxygens (including phenoxy) is 3. The van der Waals surface area contributed by atoms with Gasteiger partial charge in [0.25, 0.3) is 0 Å². The molecule has 2 aromatic rings. The summed E-state index contributed by atoms with van der Waals surface area (Å²) < 4.78 is 47.6. The zero-order valence-electron chi connectivity index (χ0n) is 26.0. The number of pyridine rings is 1.